The highest BCUT2D eigenvalue weighted by Gasteiger charge is 2.14. The van der Waals surface area contributed by atoms with Gasteiger partial charge in [-0.2, -0.15) is 0 Å². The summed E-state index contributed by atoms with van der Waals surface area (Å²) in [6, 6.07) is 16.5. The minimum absolute atomic E-state index is 0.100. The van der Waals surface area contributed by atoms with Gasteiger partial charge in [-0.1, -0.05) is 44.4 Å². The number of urea groups is 1. The number of pyridine rings is 1. The van der Waals surface area contributed by atoms with Crippen LogP contribution in [0.3, 0.4) is 0 Å². The molecule has 0 aliphatic rings. The first-order valence-corrected chi connectivity index (χ1v) is 14.4. The highest BCUT2D eigenvalue weighted by Crippen LogP contribution is 2.19. The smallest absolute Gasteiger partial charge is 0.319 e. The van der Waals surface area contributed by atoms with E-state index in [1.807, 2.05) is 18.2 Å². The highest BCUT2D eigenvalue weighted by atomic mass is 32.2. The van der Waals surface area contributed by atoms with Crippen LogP contribution in [0.5, 0.6) is 0 Å². The van der Waals surface area contributed by atoms with Crippen molar-refractivity contribution in [2.24, 2.45) is 0 Å². The van der Waals surface area contributed by atoms with Gasteiger partial charge in [0, 0.05) is 42.4 Å². The number of aromatic nitrogens is 1. The van der Waals surface area contributed by atoms with E-state index >= 15 is 0 Å². The molecule has 3 rings (SSSR count). The number of rotatable bonds is 15. The second kappa shape index (κ2) is 15.1. The lowest BCUT2D eigenvalue weighted by molar-refractivity contribution is 0.174. The zero-order valence-electron chi connectivity index (χ0n) is 21.7. The number of anilines is 2. The maximum absolute atomic E-state index is 12.8. The Bertz CT molecular complexity index is 1220. The average molecular weight is 540 g/mol. The highest BCUT2D eigenvalue weighted by molar-refractivity contribution is 7.92. The first kappa shape index (κ1) is 29.1. The summed E-state index contributed by atoms with van der Waals surface area (Å²) in [6.45, 7) is 3.82. The first-order chi connectivity index (χ1) is 18.4. The number of hydrogen-bond acceptors (Lipinski definition) is 6. The van der Waals surface area contributed by atoms with Gasteiger partial charge in [0.2, 0.25) is 0 Å². The molecule has 2 amide bonds. The fourth-order valence-electron chi connectivity index (χ4n) is 3.76. The minimum atomic E-state index is -3.77. The molecule has 0 aliphatic carbocycles. The molecule has 1 atom stereocenters. The fourth-order valence-corrected chi connectivity index (χ4v) is 4.82. The third-order valence-corrected chi connectivity index (χ3v) is 7.34. The van der Waals surface area contributed by atoms with Crippen LogP contribution in [0, 0.1) is 0 Å². The number of carbonyl (C=O) groups excluding carboxylic acids is 1. The van der Waals surface area contributed by atoms with Gasteiger partial charge in [-0.3, -0.25) is 9.71 Å². The summed E-state index contributed by atoms with van der Waals surface area (Å²) >= 11 is 0. The normalized spacial score (nSPS) is 12.1. The van der Waals surface area contributed by atoms with Crippen LogP contribution >= 0.6 is 0 Å². The Kier molecular flexibility index (Phi) is 11.5. The van der Waals surface area contributed by atoms with Crippen LogP contribution in [-0.4, -0.2) is 44.2 Å². The molecule has 0 spiro atoms. The number of sulfonamides is 1. The Balaban J connectivity index is 1.42. The summed E-state index contributed by atoms with van der Waals surface area (Å²) < 4.78 is 28.2. The summed E-state index contributed by atoms with van der Waals surface area (Å²) in [5, 5.41) is 18.9. The van der Waals surface area contributed by atoms with E-state index < -0.39 is 16.1 Å². The van der Waals surface area contributed by atoms with Crippen molar-refractivity contribution in [1.82, 2.24) is 15.6 Å². The van der Waals surface area contributed by atoms with Crippen LogP contribution in [-0.2, 0) is 16.4 Å². The monoisotopic (exact) mass is 539 g/mol. The molecule has 1 aromatic heterocycles. The Hall–Kier alpha value is -3.47. The summed E-state index contributed by atoms with van der Waals surface area (Å²) in [7, 11) is -3.77. The Morgan fingerprint density at radius 3 is 2.37 bits per heavy atom. The van der Waals surface area contributed by atoms with Gasteiger partial charge in [-0.25, -0.2) is 13.2 Å². The second-order valence-electron chi connectivity index (χ2n) is 9.02. The third-order valence-electron chi connectivity index (χ3n) is 5.94. The molecular formula is C28H37N5O4S. The summed E-state index contributed by atoms with van der Waals surface area (Å²) in [4.78, 5) is 16.1. The van der Waals surface area contributed by atoms with Crippen molar-refractivity contribution in [3.05, 3.63) is 84.2 Å². The molecule has 0 saturated heterocycles. The first-order valence-electron chi connectivity index (χ1n) is 12.9. The van der Waals surface area contributed by atoms with E-state index in [0.29, 0.717) is 31.0 Å². The van der Waals surface area contributed by atoms with Crippen molar-refractivity contribution in [3.8, 4) is 0 Å². The number of carbonyl (C=O) groups is 1. The fraction of sp³-hybridized carbons (Fsp3) is 0.357. The van der Waals surface area contributed by atoms with E-state index in [2.05, 4.69) is 32.6 Å². The number of unbranched alkanes of at least 4 members (excludes halogenated alkanes) is 3. The standard InChI is InChI=1S/C28H37N5O4S/c1-2-3-4-5-18-31-28(35)32-24-12-14-26(15-13-24)38(36,37)33-25-10-8-22(9-11-25)16-19-30-21-27(34)23-7-6-17-29-20-23/h6-15,17,20,27,30,33-34H,2-5,16,18-19,21H2,1H3,(H2,31,32,35)/t27-/m0/s1. The Morgan fingerprint density at radius 2 is 1.68 bits per heavy atom. The molecule has 204 valence electrons. The molecule has 1 heterocycles. The van der Waals surface area contributed by atoms with Crippen LogP contribution in [0.4, 0.5) is 16.2 Å². The van der Waals surface area contributed by atoms with Gasteiger partial charge in [0.15, 0.2) is 0 Å². The van der Waals surface area contributed by atoms with Crippen LogP contribution in [0.2, 0.25) is 0 Å². The molecule has 0 fully saturated rings. The van der Waals surface area contributed by atoms with Crippen molar-refractivity contribution in [2.45, 2.75) is 50.0 Å². The molecule has 10 heteroatoms. The van der Waals surface area contributed by atoms with Crippen molar-refractivity contribution in [2.75, 3.05) is 29.7 Å². The number of nitrogens with one attached hydrogen (secondary N) is 4. The largest absolute Gasteiger partial charge is 0.387 e. The SMILES string of the molecule is CCCCCCNC(=O)Nc1ccc(S(=O)(=O)Nc2ccc(CCNC[C@H](O)c3cccnc3)cc2)cc1. The molecule has 0 saturated carbocycles. The molecule has 0 aliphatic heterocycles. The van der Waals surface area contributed by atoms with E-state index in [1.54, 1.807) is 42.7 Å². The van der Waals surface area contributed by atoms with E-state index in [9.17, 15) is 18.3 Å². The number of nitrogens with zero attached hydrogens (tertiary/aromatic N) is 1. The van der Waals surface area contributed by atoms with Gasteiger partial charge in [0.05, 0.1) is 11.0 Å². The summed E-state index contributed by atoms with van der Waals surface area (Å²) in [5.74, 6) is 0. The molecule has 2 aromatic carbocycles. The summed E-state index contributed by atoms with van der Waals surface area (Å²) in [6.07, 6.45) is 7.71. The number of amides is 2. The molecule has 0 radical (unpaired) electrons. The van der Waals surface area contributed by atoms with Crippen molar-refractivity contribution < 1.29 is 18.3 Å². The molecule has 38 heavy (non-hydrogen) atoms. The van der Waals surface area contributed by atoms with Crippen LogP contribution in [0.25, 0.3) is 0 Å². The maximum Gasteiger partial charge on any atom is 0.319 e. The van der Waals surface area contributed by atoms with Crippen molar-refractivity contribution in [1.29, 1.82) is 0 Å². The number of aliphatic hydroxyl groups excluding tert-OH is 1. The number of hydrogen-bond donors (Lipinski definition) is 5. The number of benzene rings is 2. The van der Waals surface area contributed by atoms with Gasteiger partial charge in [-0.15, -0.1) is 0 Å². The van der Waals surface area contributed by atoms with Crippen LogP contribution in [0.15, 0.2) is 78.0 Å². The summed E-state index contributed by atoms with van der Waals surface area (Å²) in [5.41, 5.74) is 2.77. The van der Waals surface area contributed by atoms with Gasteiger partial charge in [-0.05, 0) is 67.4 Å². The third kappa shape index (κ3) is 9.77. The average Bonchev–Trinajstić information content (AvgIpc) is 2.92. The zero-order valence-corrected chi connectivity index (χ0v) is 22.5. The Labute approximate surface area is 225 Å². The lowest BCUT2D eigenvalue weighted by Gasteiger charge is -2.12. The van der Waals surface area contributed by atoms with E-state index in [-0.39, 0.29) is 10.9 Å². The van der Waals surface area contributed by atoms with Gasteiger partial charge >= 0.3 is 6.03 Å². The lowest BCUT2D eigenvalue weighted by Crippen LogP contribution is -2.29. The zero-order chi connectivity index (χ0) is 27.2. The Morgan fingerprint density at radius 1 is 0.947 bits per heavy atom. The lowest BCUT2D eigenvalue weighted by atomic mass is 10.1. The van der Waals surface area contributed by atoms with Gasteiger partial charge in [0.1, 0.15) is 0 Å². The predicted octanol–water partition coefficient (Wildman–Crippen LogP) is 4.45. The second-order valence-corrected chi connectivity index (χ2v) is 10.7. The van der Waals surface area contributed by atoms with E-state index in [0.717, 1.165) is 43.2 Å². The van der Waals surface area contributed by atoms with Crippen molar-refractivity contribution in [3.63, 3.8) is 0 Å². The quantitative estimate of drug-likeness (QED) is 0.181. The van der Waals surface area contributed by atoms with Crippen LogP contribution in [0.1, 0.15) is 49.8 Å². The van der Waals surface area contributed by atoms with Gasteiger partial charge < -0.3 is 21.1 Å². The number of aliphatic hydroxyl groups is 1. The molecule has 0 bridgehead atoms. The van der Waals surface area contributed by atoms with Crippen LogP contribution < -0.4 is 20.7 Å². The van der Waals surface area contributed by atoms with E-state index in [4.69, 9.17) is 0 Å². The topological polar surface area (TPSA) is 132 Å². The molecule has 3 aromatic rings. The minimum Gasteiger partial charge on any atom is -0.387 e. The molecule has 5 N–H and O–H groups in total. The predicted molar refractivity (Wildman–Crippen MR) is 151 cm³/mol. The maximum atomic E-state index is 12.8. The molecule has 9 nitrogen and oxygen atoms in total. The molecular weight excluding hydrogens is 502 g/mol. The van der Waals surface area contributed by atoms with Crippen molar-refractivity contribution >= 4 is 27.4 Å². The van der Waals surface area contributed by atoms with E-state index in [1.165, 1.54) is 12.1 Å². The molecule has 0 unspecified atom stereocenters. The van der Waals surface area contributed by atoms with Gasteiger partial charge in [0.25, 0.3) is 10.0 Å².